The van der Waals surface area contributed by atoms with E-state index in [9.17, 15) is 14.7 Å². The fourth-order valence-electron chi connectivity index (χ4n) is 4.90. The van der Waals surface area contributed by atoms with Gasteiger partial charge in [0.2, 0.25) is 0 Å². The van der Waals surface area contributed by atoms with Crippen molar-refractivity contribution in [2.24, 2.45) is 0 Å². The van der Waals surface area contributed by atoms with E-state index < -0.39 is 17.7 Å². The van der Waals surface area contributed by atoms with Crippen LogP contribution in [0, 0.1) is 0 Å². The van der Waals surface area contributed by atoms with Gasteiger partial charge in [-0.25, -0.2) is 0 Å². The number of benzene rings is 3. The van der Waals surface area contributed by atoms with Crippen LogP contribution in [0.15, 0.2) is 78.4 Å². The van der Waals surface area contributed by atoms with Crippen molar-refractivity contribution in [1.82, 2.24) is 0 Å². The lowest BCUT2D eigenvalue weighted by Gasteiger charge is -2.26. The van der Waals surface area contributed by atoms with E-state index in [2.05, 4.69) is 20.8 Å². The van der Waals surface area contributed by atoms with Crippen molar-refractivity contribution in [3.8, 4) is 5.75 Å². The molecule has 2 atom stereocenters. The third-order valence-electron chi connectivity index (χ3n) is 6.74. The summed E-state index contributed by atoms with van der Waals surface area (Å²) in [6, 6.07) is 21.7. The van der Waals surface area contributed by atoms with Crippen LogP contribution < -0.4 is 9.64 Å². The van der Waals surface area contributed by atoms with Gasteiger partial charge in [0, 0.05) is 17.7 Å². The molecule has 2 aliphatic heterocycles. The van der Waals surface area contributed by atoms with Crippen LogP contribution in [0.4, 0.5) is 5.69 Å². The second kappa shape index (κ2) is 8.42. The molecule has 1 amide bonds. The molecular weight excluding hydrogens is 438 g/mol. The fraction of sp³-hybridized carbons (Fsp3) is 0.267. The van der Waals surface area contributed by atoms with Gasteiger partial charge in [0.05, 0.1) is 11.6 Å². The molecule has 2 unspecified atom stereocenters. The first-order valence-corrected chi connectivity index (χ1v) is 11.9. The Morgan fingerprint density at radius 1 is 0.971 bits per heavy atom. The molecule has 1 saturated heterocycles. The first-order valence-electron chi connectivity index (χ1n) is 11.9. The number of aliphatic hydroxyl groups excluding tert-OH is 1. The summed E-state index contributed by atoms with van der Waals surface area (Å²) in [7, 11) is 0. The molecule has 2 aliphatic rings. The number of hydrogen-bond donors (Lipinski definition) is 1. The number of ether oxygens (including phenoxy) is 1. The van der Waals surface area contributed by atoms with Crippen molar-refractivity contribution in [2.45, 2.75) is 51.7 Å². The molecule has 2 heterocycles. The van der Waals surface area contributed by atoms with E-state index >= 15 is 0 Å². The molecule has 0 spiro atoms. The van der Waals surface area contributed by atoms with Gasteiger partial charge in [-0.1, -0.05) is 63.2 Å². The van der Waals surface area contributed by atoms with Crippen LogP contribution >= 0.6 is 0 Å². The van der Waals surface area contributed by atoms with Gasteiger partial charge in [-0.3, -0.25) is 14.5 Å². The Kier molecular flexibility index (Phi) is 5.51. The normalized spacial score (nSPS) is 21.2. The van der Waals surface area contributed by atoms with Gasteiger partial charge in [-0.05, 0) is 59.4 Å². The molecule has 0 saturated carbocycles. The Labute approximate surface area is 205 Å². The number of carbonyl (C=O) groups excluding carboxylic acids is 2. The van der Waals surface area contributed by atoms with Gasteiger partial charge in [-0.2, -0.15) is 0 Å². The summed E-state index contributed by atoms with van der Waals surface area (Å²) in [5.41, 5.74) is 4.03. The Morgan fingerprint density at radius 2 is 1.66 bits per heavy atom. The van der Waals surface area contributed by atoms with Crippen LogP contribution in [-0.2, 0) is 21.4 Å². The zero-order chi connectivity index (χ0) is 24.9. The summed E-state index contributed by atoms with van der Waals surface area (Å²) in [5.74, 6) is -0.732. The van der Waals surface area contributed by atoms with Crippen molar-refractivity contribution in [3.63, 3.8) is 0 Å². The zero-order valence-corrected chi connectivity index (χ0v) is 20.4. The molecule has 5 heteroatoms. The Balaban J connectivity index is 1.64. The quantitative estimate of drug-likeness (QED) is 0.294. The number of nitrogens with zero attached hydrogens (tertiary/aromatic N) is 1. The molecule has 0 radical (unpaired) electrons. The van der Waals surface area contributed by atoms with E-state index in [-0.39, 0.29) is 22.9 Å². The molecule has 1 N–H and O–H groups in total. The van der Waals surface area contributed by atoms with Crippen LogP contribution in [0.5, 0.6) is 5.75 Å². The van der Waals surface area contributed by atoms with Gasteiger partial charge in [0.15, 0.2) is 0 Å². The lowest BCUT2D eigenvalue weighted by molar-refractivity contribution is -0.132. The predicted octanol–water partition coefficient (Wildman–Crippen LogP) is 5.93. The molecule has 3 aromatic carbocycles. The third-order valence-corrected chi connectivity index (χ3v) is 6.74. The fourth-order valence-corrected chi connectivity index (χ4v) is 4.90. The third kappa shape index (κ3) is 4.01. The maximum Gasteiger partial charge on any atom is 0.300 e. The number of carbonyl (C=O) groups is 2. The number of aliphatic hydroxyl groups is 1. The predicted molar refractivity (Wildman–Crippen MR) is 137 cm³/mol. The van der Waals surface area contributed by atoms with Crippen molar-refractivity contribution in [2.75, 3.05) is 4.90 Å². The number of hydrogen-bond acceptors (Lipinski definition) is 4. The van der Waals surface area contributed by atoms with E-state index in [4.69, 9.17) is 4.74 Å². The molecule has 0 aliphatic carbocycles. The first-order chi connectivity index (χ1) is 16.6. The van der Waals surface area contributed by atoms with Crippen LogP contribution in [-0.4, -0.2) is 22.9 Å². The molecule has 0 aromatic heterocycles. The summed E-state index contributed by atoms with van der Waals surface area (Å²) in [6.45, 7) is 8.37. The standard InChI is InChI=1S/C30H29NO4/c1-18-16-21-17-20(10-15-24(21)35-18)27(32)25-26(19-8-6-5-7-9-19)31(29(34)28(25)33)23-13-11-22(12-14-23)30(2,3)4/h5-15,17-18,26,32H,16H2,1-4H3/b27-25-. The lowest BCUT2D eigenvalue weighted by Crippen LogP contribution is -2.29. The second-order valence-electron chi connectivity index (χ2n) is 10.3. The minimum Gasteiger partial charge on any atom is -0.507 e. The SMILES string of the molecule is CC1Cc2cc(/C(O)=C3/C(=O)C(=O)N(c4ccc(C(C)(C)C)cc4)C3c3ccccc3)ccc2O1. The van der Waals surface area contributed by atoms with Gasteiger partial charge in [-0.15, -0.1) is 0 Å². The second-order valence-corrected chi connectivity index (χ2v) is 10.3. The van der Waals surface area contributed by atoms with Crippen molar-refractivity contribution in [1.29, 1.82) is 0 Å². The highest BCUT2D eigenvalue weighted by molar-refractivity contribution is 6.51. The Bertz CT molecular complexity index is 1330. The van der Waals surface area contributed by atoms with E-state index in [1.54, 1.807) is 6.07 Å². The highest BCUT2D eigenvalue weighted by Gasteiger charge is 2.47. The van der Waals surface area contributed by atoms with Crippen LogP contribution in [0.1, 0.15) is 56.0 Å². The smallest absolute Gasteiger partial charge is 0.300 e. The van der Waals surface area contributed by atoms with Gasteiger partial charge in [0.1, 0.15) is 17.6 Å². The maximum atomic E-state index is 13.4. The van der Waals surface area contributed by atoms with E-state index in [0.717, 1.165) is 28.9 Å². The minimum atomic E-state index is -0.736. The molecule has 1 fully saturated rings. The average Bonchev–Trinajstić information content (AvgIpc) is 3.34. The van der Waals surface area contributed by atoms with Crippen molar-refractivity contribution in [3.05, 3.63) is 101 Å². The number of anilines is 1. The lowest BCUT2D eigenvalue weighted by atomic mass is 9.87. The Morgan fingerprint density at radius 3 is 2.31 bits per heavy atom. The van der Waals surface area contributed by atoms with E-state index in [1.165, 1.54) is 4.90 Å². The summed E-state index contributed by atoms with van der Waals surface area (Å²) < 4.78 is 5.78. The summed E-state index contributed by atoms with van der Waals surface area (Å²) >= 11 is 0. The van der Waals surface area contributed by atoms with Crippen molar-refractivity contribution >= 4 is 23.1 Å². The van der Waals surface area contributed by atoms with Gasteiger partial charge in [0.25, 0.3) is 11.7 Å². The summed E-state index contributed by atoms with van der Waals surface area (Å²) in [5, 5.41) is 11.4. The zero-order valence-electron chi connectivity index (χ0n) is 20.4. The molecule has 0 bridgehead atoms. The highest BCUT2D eigenvalue weighted by atomic mass is 16.5. The first kappa shape index (κ1) is 22.9. The maximum absolute atomic E-state index is 13.4. The van der Waals surface area contributed by atoms with E-state index in [1.807, 2.05) is 73.7 Å². The number of rotatable bonds is 3. The molecule has 5 nitrogen and oxygen atoms in total. The number of Topliss-reactive ketones (excluding diaryl/α,β-unsaturated/α-hetero) is 1. The van der Waals surface area contributed by atoms with Crippen LogP contribution in [0.25, 0.3) is 5.76 Å². The van der Waals surface area contributed by atoms with E-state index in [0.29, 0.717) is 11.3 Å². The highest BCUT2D eigenvalue weighted by Crippen LogP contribution is 2.43. The van der Waals surface area contributed by atoms with Crippen LogP contribution in [0.3, 0.4) is 0 Å². The van der Waals surface area contributed by atoms with Crippen molar-refractivity contribution < 1.29 is 19.4 Å². The largest absolute Gasteiger partial charge is 0.507 e. The number of fused-ring (bicyclic) bond motifs is 1. The van der Waals surface area contributed by atoms with Gasteiger partial charge >= 0.3 is 0 Å². The summed E-state index contributed by atoms with van der Waals surface area (Å²) in [6.07, 6.45) is 0.792. The van der Waals surface area contributed by atoms with Crippen LogP contribution in [0.2, 0.25) is 0 Å². The molecular formula is C30H29NO4. The monoisotopic (exact) mass is 467 g/mol. The summed E-state index contributed by atoms with van der Waals surface area (Å²) in [4.78, 5) is 28.2. The van der Waals surface area contributed by atoms with Gasteiger partial charge < -0.3 is 9.84 Å². The molecule has 5 rings (SSSR count). The Hall–Kier alpha value is -3.86. The molecule has 178 valence electrons. The minimum absolute atomic E-state index is 0.0414. The average molecular weight is 468 g/mol. The molecule has 3 aromatic rings. The number of ketones is 1. The number of amides is 1. The topological polar surface area (TPSA) is 66.8 Å². The molecule has 35 heavy (non-hydrogen) atoms.